The molecule has 0 aliphatic carbocycles. The number of hydrazine groups is 1. The Morgan fingerprint density at radius 1 is 1.12 bits per heavy atom. The zero-order valence-corrected chi connectivity index (χ0v) is 15.0. The third-order valence-corrected chi connectivity index (χ3v) is 5.38. The van der Waals surface area contributed by atoms with Gasteiger partial charge >= 0.3 is 0 Å². The standard InChI is InChI=1S/C19H22N2O5/c1-9-6-10(2)8-12(7-9)25-11(3)17(22)20-21-18(23)15-13-4-5-14(26-13)16(15)19(21)24/h6-8,11,13-16H,4-5H2,1-3H3,(H,20,22)/t11-,13+,14+,15+,16+/m1/s1. The summed E-state index contributed by atoms with van der Waals surface area (Å²) >= 11 is 0. The van der Waals surface area contributed by atoms with Crippen LogP contribution in [-0.2, 0) is 19.1 Å². The molecule has 3 aliphatic heterocycles. The Kier molecular flexibility index (Phi) is 3.99. The van der Waals surface area contributed by atoms with E-state index in [-0.39, 0.29) is 24.0 Å². The first-order valence-electron chi connectivity index (χ1n) is 8.94. The van der Waals surface area contributed by atoms with E-state index < -0.39 is 23.8 Å². The van der Waals surface area contributed by atoms with Crippen LogP contribution in [0.5, 0.6) is 5.75 Å². The van der Waals surface area contributed by atoms with E-state index in [4.69, 9.17) is 9.47 Å². The fourth-order valence-electron chi connectivity index (χ4n) is 4.28. The molecule has 138 valence electrons. The van der Waals surface area contributed by atoms with Gasteiger partial charge in [-0.2, -0.15) is 5.01 Å². The molecule has 0 saturated carbocycles. The van der Waals surface area contributed by atoms with Gasteiger partial charge in [-0.1, -0.05) is 6.07 Å². The maximum absolute atomic E-state index is 12.6. The highest BCUT2D eigenvalue weighted by Crippen LogP contribution is 2.48. The third kappa shape index (κ3) is 2.67. The van der Waals surface area contributed by atoms with Crippen molar-refractivity contribution in [2.45, 2.75) is 51.9 Å². The van der Waals surface area contributed by atoms with E-state index in [1.165, 1.54) is 0 Å². The number of ether oxygens (including phenoxy) is 2. The Bertz CT molecular complexity index is 744. The minimum absolute atomic E-state index is 0.202. The highest BCUT2D eigenvalue weighted by molar-refractivity contribution is 6.07. The molecule has 3 fully saturated rings. The fourth-order valence-corrected chi connectivity index (χ4v) is 4.28. The van der Waals surface area contributed by atoms with E-state index in [9.17, 15) is 14.4 Å². The Labute approximate surface area is 151 Å². The molecule has 4 rings (SSSR count). The molecular weight excluding hydrogens is 336 g/mol. The molecule has 0 radical (unpaired) electrons. The Balaban J connectivity index is 1.43. The van der Waals surface area contributed by atoms with Crippen LogP contribution in [0.25, 0.3) is 0 Å². The van der Waals surface area contributed by atoms with Gasteiger partial charge in [0.1, 0.15) is 5.75 Å². The van der Waals surface area contributed by atoms with Gasteiger partial charge in [-0.15, -0.1) is 0 Å². The van der Waals surface area contributed by atoms with Gasteiger partial charge in [-0.25, -0.2) is 0 Å². The molecule has 1 aromatic rings. The predicted octanol–water partition coefficient (Wildman–Crippen LogP) is 1.26. The molecule has 5 atom stereocenters. The summed E-state index contributed by atoms with van der Waals surface area (Å²) in [5.41, 5.74) is 4.50. The summed E-state index contributed by atoms with van der Waals surface area (Å²) in [6.07, 6.45) is 0.336. The van der Waals surface area contributed by atoms with Gasteiger partial charge in [-0.3, -0.25) is 19.8 Å². The Morgan fingerprint density at radius 3 is 2.19 bits per heavy atom. The number of fused-ring (bicyclic) bond motifs is 5. The molecule has 0 unspecified atom stereocenters. The van der Waals surface area contributed by atoms with Crippen molar-refractivity contribution < 1.29 is 23.9 Å². The predicted molar refractivity (Wildman–Crippen MR) is 90.9 cm³/mol. The molecule has 0 spiro atoms. The van der Waals surface area contributed by atoms with E-state index >= 15 is 0 Å². The second kappa shape index (κ2) is 6.09. The zero-order chi connectivity index (χ0) is 18.6. The molecule has 7 nitrogen and oxygen atoms in total. The van der Waals surface area contributed by atoms with E-state index in [1.54, 1.807) is 6.92 Å². The third-order valence-electron chi connectivity index (χ3n) is 5.38. The minimum Gasteiger partial charge on any atom is -0.481 e. The van der Waals surface area contributed by atoms with Crippen LogP contribution in [0.15, 0.2) is 18.2 Å². The molecule has 3 aliphatic rings. The number of carbonyl (C=O) groups excluding carboxylic acids is 3. The second-order valence-electron chi connectivity index (χ2n) is 7.41. The number of rotatable bonds is 4. The average Bonchev–Trinajstić information content (AvgIpc) is 3.23. The van der Waals surface area contributed by atoms with Crippen LogP contribution in [0.2, 0.25) is 0 Å². The SMILES string of the molecule is Cc1cc(C)cc(O[C@H](C)C(=O)NN2C(=O)[C@@H]3[C@@H](C2=O)[C@@H]2CC[C@@H]3O2)c1. The maximum Gasteiger partial charge on any atom is 0.279 e. The maximum atomic E-state index is 12.6. The van der Waals surface area contributed by atoms with Gasteiger partial charge in [-0.05, 0) is 56.9 Å². The number of benzene rings is 1. The van der Waals surface area contributed by atoms with Crippen molar-refractivity contribution in [2.24, 2.45) is 11.8 Å². The number of carbonyl (C=O) groups is 3. The summed E-state index contributed by atoms with van der Waals surface area (Å²) in [5.74, 6) is -1.63. The van der Waals surface area contributed by atoms with Crippen LogP contribution in [0.3, 0.4) is 0 Å². The highest BCUT2D eigenvalue weighted by atomic mass is 16.5. The zero-order valence-electron chi connectivity index (χ0n) is 15.0. The molecule has 0 aromatic heterocycles. The van der Waals surface area contributed by atoms with E-state index in [1.807, 2.05) is 32.0 Å². The van der Waals surface area contributed by atoms with Crippen molar-refractivity contribution in [1.29, 1.82) is 0 Å². The average molecular weight is 358 g/mol. The first-order valence-corrected chi connectivity index (χ1v) is 8.94. The lowest BCUT2D eigenvalue weighted by atomic mass is 9.81. The smallest absolute Gasteiger partial charge is 0.279 e. The fraction of sp³-hybridized carbons (Fsp3) is 0.526. The number of imide groups is 1. The number of nitrogens with zero attached hydrogens (tertiary/aromatic N) is 1. The van der Waals surface area contributed by atoms with Crippen molar-refractivity contribution >= 4 is 17.7 Å². The summed E-state index contributed by atoms with van der Waals surface area (Å²) in [5, 5.41) is 0.868. The van der Waals surface area contributed by atoms with Crippen LogP contribution < -0.4 is 10.2 Å². The monoisotopic (exact) mass is 358 g/mol. The molecular formula is C19H22N2O5. The molecule has 3 amide bonds. The lowest BCUT2D eigenvalue weighted by Gasteiger charge is -2.21. The van der Waals surface area contributed by atoms with E-state index in [2.05, 4.69) is 5.43 Å². The molecule has 1 N–H and O–H groups in total. The number of nitrogens with one attached hydrogen (secondary N) is 1. The lowest BCUT2D eigenvalue weighted by Crippen LogP contribution is -2.51. The van der Waals surface area contributed by atoms with E-state index in [0.29, 0.717) is 5.75 Å². The lowest BCUT2D eigenvalue weighted by molar-refractivity contribution is -0.153. The van der Waals surface area contributed by atoms with Crippen molar-refractivity contribution in [2.75, 3.05) is 0 Å². The molecule has 3 saturated heterocycles. The second-order valence-corrected chi connectivity index (χ2v) is 7.41. The van der Waals surface area contributed by atoms with Crippen molar-refractivity contribution in [3.63, 3.8) is 0 Å². The van der Waals surface area contributed by atoms with Crippen molar-refractivity contribution in [3.8, 4) is 5.75 Å². The largest absolute Gasteiger partial charge is 0.481 e. The van der Waals surface area contributed by atoms with Crippen molar-refractivity contribution in [1.82, 2.24) is 10.4 Å². The van der Waals surface area contributed by atoms with Gasteiger partial charge in [0.25, 0.3) is 17.7 Å². The van der Waals surface area contributed by atoms with Crippen molar-refractivity contribution in [3.05, 3.63) is 29.3 Å². The first kappa shape index (κ1) is 17.0. The van der Waals surface area contributed by atoms with Crippen LogP contribution >= 0.6 is 0 Å². The Morgan fingerprint density at radius 2 is 1.65 bits per heavy atom. The van der Waals surface area contributed by atoms with Crippen LogP contribution in [0.1, 0.15) is 30.9 Å². The topological polar surface area (TPSA) is 84.9 Å². The van der Waals surface area contributed by atoms with Gasteiger partial charge in [0.15, 0.2) is 6.10 Å². The van der Waals surface area contributed by atoms with Gasteiger partial charge in [0.2, 0.25) is 0 Å². The molecule has 2 bridgehead atoms. The Hall–Kier alpha value is -2.41. The van der Waals surface area contributed by atoms with Crippen LogP contribution in [0.4, 0.5) is 0 Å². The van der Waals surface area contributed by atoms with Gasteiger partial charge < -0.3 is 9.47 Å². The first-order chi connectivity index (χ1) is 12.3. The molecule has 26 heavy (non-hydrogen) atoms. The van der Waals surface area contributed by atoms with Gasteiger partial charge in [0.05, 0.1) is 24.0 Å². The number of aryl methyl sites for hydroxylation is 2. The molecule has 3 heterocycles. The summed E-state index contributed by atoms with van der Waals surface area (Å²) in [6, 6.07) is 5.68. The quantitative estimate of drug-likeness (QED) is 0.819. The normalized spacial score (nSPS) is 30.5. The van der Waals surface area contributed by atoms with Gasteiger partial charge in [0, 0.05) is 0 Å². The minimum atomic E-state index is -0.842. The summed E-state index contributed by atoms with van der Waals surface area (Å²) in [6.45, 7) is 5.48. The van der Waals surface area contributed by atoms with Crippen LogP contribution in [0, 0.1) is 25.7 Å². The summed E-state index contributed by atoms with van der Waals surface area (Å²) < 4.78 is 11.4. The highest BCUT2D eigenvalue weighted by Gasteiger charge is 2.63. The number of hydrogen-bond donors (Lipinski definition) is 1. The summed E-state index contributed by atoms with van der Waals surface area (Å²) in [4.78, 5) is 37.6. The molecule has 1 aromatic carbocycles. The number of amides is 3. The molecule has 7 heteroatoms. The summed E-state index contributed by atoms with van der Waals surface area (Å²) in [7, 11) is 0. The van der Waals surface area contributed by atoms with Crippen LogP contribution in [-0.4, -0.2) is 41.0 Å². The van der Waals surface area contributed by atoms with E-state index in [0.717, 1.165) is 29.0 Å². The number of hydrogen-bond acceptors (Lipinski definition) is 5.